The Morgan fingerprint density at radius 3 is 2.64 bits per heavy atom. The molecule has 0 amide bonds. The number of nitrogens with one attached hydrogen (secondary N) is 1. The lowest BCUT2D eigenvalue weighted by atomic mass is 9.95. The lowest BCUT2D eigenvalue weighted by Crippen LogP contribution is -2.44. The summed E-state index contributed by atoms with van der Waals surface area (Å²) in [7, 11) is 0. The van der Waals surface area contributed by atoms with Crippen molar-refractivity contribution >= 4 is 0 Å². The normalized spacial score (nSPS) is 42.4. The lowest BCUT2D eigenvalue weighted by Gasteiger charge is -2.32. The molecule has 0 aromatic rings. The minimum absolute atomic E-state index is 0.218. The van der Waals surface area contributed by atoms with E-state index in [1.165, 1.54) is 0 Å². The lowest BCUT2D eigenvalue weighted by molar-refractivity contribution is 0.0602. The molecule has 0 bridgehead atoms. The van der Waals surface area contributed by atoms with Crippen LogP contribution in [0.15, 0.2) is 0 Å². The topological polar surface area (TPSA) is 35.5 Å². The Labute approximate surface area is 86.5 Å². The third-order valence-corrected chi connectivity index (χ3v) is 4.20. The first kappa shape index (κ1) is 10.4. The Hall–Kier alpha value is -0.120. The smallest absolute Gasteiger partial charge is 0.0664 e. The van der Waals surface area contributed by atoms with Gasteiger partial charge in [-0.2, -0.15) is 0 Å². The number of nitrogens with zero attached hydrogens (tertiary/aromatic N) is 1. The molecule has 0 spiro atoms. The molecule has 0 aromatic heterocycles. The monoisotopic (exact) mass is 198 g/mol. The number of rotatable bonds is 2. The maximum absolute atomic E-state index is 9.61. The van der Waals surface area contributed by atoms with Crippen LogP contribution in [0.3, 0.4) is 0 Å². The van der Waals surface area contributed by atoms with Crippen LogP contribution in [0.2, 0.25) is 0 Å². The average molecular weight is 198 g/mol. The average Bonchev–Trinajstić information content (AvgIpc) is 2.68. The van der Waals surface area contributed by atoms with Crippen LogP contribution in [-0.2, 0) is 0 Å². The van der Waals surface area contributed by atoms with Crippen LogP contribution in [0.4, 0.5) is 0 Å². The van der Waals surface area contributed by atoms with Crippen molar-refractivity contribution in [1.82, 2.24) is 10.2 Å². The van der Waals surface area contributed by atoms with Crippen molar-refractivity contribution in [3.05, 3.63) is 0 Å². The fourth-order valence-electron chi connectivity index (χ4n) is 3.02. The molecular formula is C11H22N2O. The third-order valence-electron chi connectivity index (χ3n) is 4.20. The molecule has 14 heavy (non-hydrogen) atoms. The zero-order chi connectivity index (χ0) is 10.3. The summed E-state index contributed by atoms with van der Waals surface area (Å²) in [6.07, 6.45) is -0.218. The number of hydrogen-bond donors (Lipinski definition) is 2. The van der Waals surface area contributed by atoms with Crippen molar-refractivity contribution < 1.29 is 5.11 Å². The minimum Gasteiger partial charge on any atom is -0.392 e. The fourth-order valence-corrected chi connectivity index (χ4v) is 3.02. The second-order valence-electron chi connectivity index (χ2n) is 5.00. The van der Waals surface area contributed by atoms with Crippen LogP contribution >= 0.6 is 0 Å². The van der Waals surface area contributed by atoms with E-state index in [1.54, 1.807) is 0 Å². The Kier molecular flexibility index (Phi) is 2.82. The maximum Gasteiger partial charge on any atom is 0.0664 e. The van der Waals surface area contributed by atoms with E-state index in [4.69, 9.17) is 0 Å². The van der Waals surface area contributed by atoms with Gasteiger partial charge in [-0.3, -0.25) is 4.90 Å². The summed E-state index contributed by atoms with van der Waals surface area (Å²) in [5.41, 5.74) is 0. The van der Waals surface area contributed by atoms with Gasteiger partial charge in [-0.1, -0.05) is 0 Å². The van der Waals surface area contributed by atoms with E-state index in [0.717, 1.165) is 31.5 Å². The zero-order valence-corrected chi connectivity index (χ0v) is 9.40. The summed E-state index contributed by atoms with van der Waals surface area (Å²) in [5.74, 6) is 1.61. The van der Waals surface area contributed by atoms with Crippen molar-refractivity contribution in [2.75, 3.05) is 19.6 Å². The van der Waals surface area contributed by atoms with E-state index >= 15 is 0 Å². The fraction of sp³-hybridized carbons (Fsp3) is 1.00. The van der Waals surface area contributed by atoms with Gasteiger partial charge in [0.1, 0.15) is 0 Å². The molecule has 3 heteroatoms. The van der Waals surface area contributed by atoms with E-state index in [0.29, 0.717) is 12.1 Å². The van der Waals surface area contributed by atoms with Crippen molar-refractivity contribution in [2.45, 2.75) is 39.0 Å². The summed E-state index contributed by atoms with van der Waals surface area (Å²) < 4.78 is 0. The molecule has 0 aliphatic carbocycles. The highest BCUT2D eigenvalue weighted by molar-refractivity contribution is 4.98. The first-order valence-corrected chi connectivity index (χ1v) is 5.75. The number of likely N-dealkylation sites (tertiary alicyclic amines) is 1. The largest absolute Gasteiger partial charge is 0.392 e. The first-order valence-electron chi connectivity index (χ1n) is 5.75. The molecule has 2 saturated heterocycles. The van der Waals surface area contributed by atoms with Crippen LogP contribution in [0.5, 0.6) is 0 Å². The highest BCUT2D eigenvalue weighted by Gasteiger charge is 2.43. The molecule has 2 aliphatic rings. The molecule has 0 radical (unpaired) electrons. The molecule has 2 N–H and O–H groups in total. The molecule has 0 aromatic carbocycles. The predicted octanol–water partition coefficient (Wildman–Crippen LogP) is 0.295. The molecule has 2 heterocycles. The molecule has 2 aliphatic heterocycles. The van der Waals surface area contributed by atoms with Gasteiger partial charge >= 0.3 is 0 Å². The third kappa shape index (κ3) is 1.58. The van der Waals surface area contributed by atoms with E-state index in [2.05, 4.69) is 24.1 Å². The molecule has 5 atom stereocenters. The van der Waals surface area contributed by atoms with Gasteiger partial charge in [-0.25, -0.2) is 0 Å². The zero-order valence-electron chi connectivity index (χ0n) is 9.40. The van der Waals surface area contributed by atoms with Gasteiger partial charge in [-0.05, 0) is 45.7 Å². The van der Waals surface area contributed by atoms with Crippen LogP contribution in [0, 0.1) is 11.8 Å². The summed E-state index contributed by atoms with van der Waals surface area (Å²) in [6, 6.07) is 0.926. The number of hydrogen-bond acceptors (Lipinski definition) is 3. The van der Waals surface area contributed by atoms with Gasteiger partial charge in [0.2, 0.25) is 0 Å². The highest BCUT2D eigenvalue weighted by Crippen LogP contribution is 2.33. The Morgan fingerprint density at radius 2 is 2.07 bits per heavy atom. The molecule has 2 rings (SSSR count). The predicted molar refractivity (Wildman–Crippen MR) is 57.2 cm³/mol. The van der Waals surface area contributed by atoms with Crippen molar-refractivity contribution in [1.29, 1.82) is 0 Å². The first-order chi connectivity index (χ1) is 6.61. The second-order valence-corrected chi connectivity index (χ2v) is 5.00. The van der Waals surface area contributed by atoms with Crippen LogP contribution in [-0.4, -0.2) is 47.8 Å². The van der Waals surface area contributed by atoms with E-state index in [-0.39, 0.29) is 6.10 Å². The molecule has 0 saturated carbocycles. The van der Waals surface area contributed by atoms with Gasteiger partial charge in [-0.15, -0.1) is 0 Å². The van der Waals surface area contributed by atoms with E-state index in [1.807, 2.05) is 6.92 Å². The van der Waals surface area contributed by atoms with Gasteiger partial charge in [0.05, 0.1) is 6.10 Å². The Balaban J connectivity index is 2.02. The summed E-state index contributed by atoms with van der Waals surface area (Å²) in [4.78, 5) is 2.47. The van der Waals surface area contributed by atoms with Gasteiger partial charge in [0.25, 0.3) is 0 Å². The molecule has 82 valence electrons. The van der Waals surface area contributed by atoms with Crippen molar-refractivity contribution in [3.63, 3.8) is 0 Å². The van der Waals surface area contributed by atoms with Crippen molar-refractivity contribution in [3.8, 4) is 0 Å². The number of aliphatic hydroxyl groups is 1. The second kappa shape index (κ2) is 3.80. The summed E-state index contributed by atoms with van der Waals surface area (Å²) in [5, 5.41) is 13.1. The van der Waals surface area contributed by atoms with Gasteiger partial charge in [0, 0.05) is 18.6 Å². The maximum atomic E-state index is 9.61. The quantitative estimate of drug-likeness (QED) is 0.670. The summed E-state index contributed by atoms with van der Waals surface area (Å²) in [6.45, 7) is 9.81. The Bertz CT molecular complexity index is 207. The van der Waals surface area contributed by atoms with E-state index < -0.39 is 0 Å². The summed E-state index contributed by atoms with van der Waals surface area (Å²) >= 11 is 0. The van der Waals surface area contributed by atoms with Crippen LogP contribution in [0.25, 0.3) is 0 Å². The Morgan fingerprint density at radius 1 is 1.36 bits per heavy atom. The molecular weight excluding hydrogens is 176 g/mol. The SMILES string of the molecule is CC(O)C(C)N1CC2CNCC2C1C. The molecule has 3 nitrogen and oxygen atoms in total. The van der Waals surface area contributed by atoms with Crippen LogP contribution < -0.4 is 5.32 Å². The van der Waals surface area contributed by atoms with Crippen molar-refractivity contribution in [2.24, 2.45) is 11.8 Å². The molecule has 5 unspecified atom stereocenters. The van der Waals surface area contributed by atoms with Crippen LogP contribution in [0.1, 0.15) is 20.8 Å². The molecule has 2 fully saturated rings. The highest BCUT2D eigenvalue weighted by atomic mass is 16.3. The van der Waals surface area contributed by atoms with Gasteiger partial charge < -0.3 is 10.4 Å². The standard InChI is InChI=1S/C11H22N2O/c1-7(9(3)14)13-6-10-4-12-5-11(10)8(13)2/h7-12,14H,4-6H2,1-3H3. The van der Waals surface area contributed by atoms with E-state index in [9.17, 15) is 5.11 Å². The van der Waals surface area contributed by atoms with Gasteiger partial charge in [0.15, 0.2) is 0 Å². The number of aliphatic hydroxyl groups excluding tert-OH is 1. The number of fused-ring (bicyclic) bond motifs is 1. The minimum atomic E-state index is -0.218.